The van der Waals surface area contributed by atoms with Crippen molar-refractivity contribution in [2.24, 2.45) is 11.8 Å². The van der Waals surface area contributed by atoms with E-state index in [2.05, 4.69) is 10.1 Å². The van der Waals surface area contributed by atoms with Gasteiger partial charge < -0.3 is 10.3 Å². The molecule has 104 valence electrons. The molecule has 2 aliphatic carbocycles. The Bertz CT molecular complexity index is 654. The number of benzene rings is 1. The zero-order chi connectivity index (χ0) is 13.7. The van der Waals surface area contributed by atoms with Gasteiger partial charge >= 0.3 is 0 Å². The Hall–Kier alpha value is -1.55. The van der Waals surface area contributed by atoms with Crippen molar-refractivity contribution in [2.75, 3.05) is 5.73 Å². The van der Waals surface area contributed by atoms with Gasteiger partial charge in [0.05, 0.1) is 5.56 Å². The average molecular weight is 290 g/mol. The number of fused-ring (bicyclic) bond motifs is 2. The van der Waals surface area contributed by atoms with Gasteiger partial charge in [-0.05, 0) is 49.3 Å². The SMILES string of the molecule is Nc1cc(Cl)ccc1-c1nc(C2CC3CCC2C3)no1. The van der Waals surface area contributed by atoms with Crippen LogP contribution in [0.1, 0.15) is 37.4 Å². The fraction of sp³-hybridized carbons (Fsp3) is 0.467. The molecule has 2 saturated carbocycles. The molecule has 1 aromatic carbocycles. The zero-order valence-corrected chi connectivity index (χ0v) is 11.8. The van der Waals surface area contributed by atoms with E-state index < -0.39 is 0 Å². The van der Waals surface area contributed by atoms with E-state index in [1.54, 1.807) is 12.1 Å². The lowest BCUT2D eigenvalue weighted by Crippen LogP contribution is -2.09. The standard InChI is InChI=1S/C15H16ClN3O/c16-10-3-4-11(13(17)7-10)15-18-14(19-20-15)12-6-8-1-2-9(12)5-8/h3-4,7-9,12H,1-2,5-6,17H2. The summed E-state index contributed by atoms with van der Waals surface area (Å²) in [7, 11) is 0. The largest absolute Gasteiger partial charge is 0.398 e. The third-order valence-corrected chi connectivity index (χ3v) is 4.99. The minimum Gasteiger partial charge on any atom is -0.398 e. The van der Waals surface area contributed by atoms with Crippen molar-refractivity contribution in [3.63, 3.8) is 0 Å². The molecule has 0 spiro atoms. The topological polar surface area (TPSA) is 64.9 Å². The monoisotopic (exact) mass is 289 g/mol. The maximum absolute atomic E-state index is 5.96. The highest BCUT2D eigenvalue weighted by Gasteiger charge is 2.42. The van der Waals surface area contributed by atoms with Crippen LogP contribution in [0.2, 0.25) is 5.02 Å². The molecular weight excluding hydrogens is 274 g/mol. The van der Waals surface area contributed by atoms with Crippen molar-refractivity contribution in [2.45, 2.75) is 31.6 Å². The number of hydrogen-bond donors (Lipinski definition) is 1. The second-order valence-electron chi connectivity index (χ2n) is 5.97. The van der Waals surface area contributed by atoms with E-state index in [0.29, 0.717) is 22.5 Å². The minimum absolute atomic E-state index is 0.472. The molecule has 20 heavy (non-hydrogen) atoms. The summed E-state index contributed by atoms with van der Waals surface area (Å²) in [5, 5.41) is 4.79. The van der Waals surface area contributed by atoms with Gasteiger partial charge in [-0.1, -0.05) is 23.2 Å². The minimum atomic E-state index is 0.472. The van der Waals surface area contributed by atoms with Gasteiger partial charge in [0, 0.05) is 16.6 Å². The molecule has 1 heterocycles. The van der Waals surface area contributed by atoms with Gasteiger partial charge in [-0.3, -0.25) is 0 Å². The molecule has 0 aliphatic heterocycles. The summed E-state index contributed by atoms with van der Waals surface area (Å²) in [6, 6.07) is 5.32. The molecule has 2 aromatic rings. The molecule has 3 unspecified atom stereocenters. The third kappa shape index (κ3) is 1.90. The van der Waals surface area contributed by atoms with Crippen molar-refractivity contribution < 1.29 is 4.52 Å². The fourth-order valence-corrected chi connectivity index (χ4v) is 3.96. The Morgan fingerprint density at radius 3 is 2.85 bits per heavy atom. The van der Waals surface area contributed by atoms with E-state index in [-0.39, 0.29) is 0 Å². The first-order valence-electron chi connectivity index (χ1n) is 7.09. The van der Waals surface area contributed by atoms with Crippen molar-refractivity contribution in [1.82, 2.24) is 10.1 Å². The van der Waals surface area contributed by atoms with E-state index in [0.717, 1.165) is 23.2 Å². The Morgan fingerprint density at radius 2 is 2.15 bits per heavy atom. The summed E-state index contributed by atoms with van der Waals surface area (Å²) >= 11 is 5.91. The van der Waals surface area contributed by atoms with E-state index in [9.17, 15) is 0 Å². The maximum Gasteiger partial charge on any atom is 0.260 e. The van der Waals surface area contributed by atoms with Crippen LogP contribution in [-0.2, 0) is 0 Å². The number of hydrogen-bond acceptors (Lipinski definition) is 4. The number of halogens is 1. The predicted octanol–water partition coefficient (Wildman–Crippen LogP) is 3.88. The normalized spacial score (nSPS) is 28.1. The Kier molecular flexibility index (Phi) is 2.74. The van der Waals surface area contributed by atoms with Crippen molar-refractivity contribution in [3.05, 3.63) is 29.0 Å². The Labute approximate surface area is 122 Å². The van der Waals surface area contributed by atoms with Gasteiger partial charge in [0.15, 0.2) is 5.82 Å². The molecule has 0 saturated heterocycles. The Morgan fingerprint density at radius 1 is 1.25 bits per heavy atom. The summed E-state index contributed by atoms with van der Waals surface area (Å²) in [5.74, 6) is 3.43. The number of anilines is 1. The van der Waals surface area contributed by atoms with Gasteiger partial charge in [0.25, 0.3) is 5.89 Å². The first-order chi connectivity index (χ1) is 9.70. The number of nitrogens with two attached hydrogens (primary N) is 1. The first-order valence-corrected chi connectivity index (χ1v) is 7.47. The van der Waals surface area contributed by atoms with Crippen LogP contribution < -0.4 is 5.73 Å². The molecule has 5 heteroatoms. The van der Waals surface area contributed by atoms with Gasteiger partial charge in [0.2, 0.25) is 0 Å². The van der Waals surface area contributed by atoms with Crippen LogP contribution in [0.5, 0.6) is 0 Å². The molecule has 2 N–H and O–H groups in total. The molecule has 3 atom stereocenters. The predicted molar refractivity (Wildman–Crippen MR) is 77.3 cm³/mol. The van der Waals surface area contributed by atoms with Crippen LogP contribution in [0.15, 0.2) is 22.7 Å². The molecule has 0 radical (unpaired) electrons. The highest BCUT2D eigenvalue weighted by atomic mass is 35.5. The van der Waals surface area contributed by atoms with Crippen LogP contribution in [-0.4, -0.2) is 10.1 Å². The lowest BCUT2D eigenvalue weighted by Gasteiger charge is -2.17. The highest BCUT2D eigenvalue weighted by Crippen LogP contribution is 2.52. The number of nitrogens with zero attached hydrogens (tertiary/aromatic N) is 2. The number of rotatable bonds is 2. The fourth-order valence-electron chi connectivity index (χ4n) is 3.78. The quantitative estimate of drug-likeness (QED) is 0.852. The second kappa shape index (κ2) is 4.48. The third-order valence-electron chi connectivity index (χ3n) is 4.76. The molecule has 4 nitrogen and oxygen atoms in total. The number of nitrogen functional groups attached to an aromatic ring is 1. The molecular formula is C15H16ClN3O. The summed E-state index contributed by atoms with van der Waals surface area (Å²) in [6.45, 7) is 0. The molecule has 0 amide bonds. The summed E-state index contributed by atoms with van der Waals surface area (Å²) < 4.78 is 5.41. The average Bonchev–Trinajstić information content (AvgIpc) is 3.14. The van der Waals surface area contributed by atoms with E-state index in [4.69, 9.17) is 21.9 Å². The molecule has 2 aliphatic rings. The first kappa shape index (κ1) is 12.2. The van der Waals surface area contributed by atoms with Crippen molar-refractivity contribution in [1.29, 1.82) is 0 Å². The van der Waals surface area contributed by atoms with Crippen molar-refractivity contribution in [3.8, 4) is 11.5 Å². The van der Waals surface area contributed by atoms with Gasteiger partial charge in [-0.15, -0.1) is 0 Å². The summed E-state index contributed by atoms with van der Waals surface area (Å²) in [4.78, 5) is 4.57. The van der Waals surface area contributed by atoms with Crippen LogP contribution in [0.3, 0.4) is 0 Å². The summed E-state index contributed by atoms with van der Waals surface area (Å²) in [6.07, 6.45) is 5.22. The summed E-state index contributed by atoms with van der Waals surface area (Å²) in [5.41, 5.74) is 7.29. The zero-order valence-electron chi connectivity index (χ0n) is 11.1. The van der Waals surface area contributed by atoms with Crippen LogP contribution in [0.4, 0.5) is 5.69 Å². The van der Waals surface area contributed by atoms with Crippen LogP contribution in [0, 0.1) is 11.8 Å². The number of aromatic nitrogens is 2. The molecule has 2 bridgehead atoms. The van der Waals surface area contributed by atoms with Crippen molar-refractivity contribution >= 4 is 17.3 Å². The smallest absolute Gasteiger partial charge is 0.260 e. The molecule has 4 rings (SSSR count). The second-order valence-corrected chi connectivity index (χ2v) is 6.41. The van der Waals surface area contributed by atoms with E-state index in [1.165, 1.54) is 25.7 Å². The highest BCUT2D eigenvalue weighted by molar-refractivity contribution is 6.31. The molecule has 2 fully saturated rings. The van der Waals surface area contributed by atoms with Gasteiger partial charge in [-0.2, -0.15) is 4.98 Å². The van der Waals surface area contributed by atoms with Crippen LogP contribution in [0.25, 0.3) is 11.5 Å². The Balaban J connectivity index is 1.65. The maximum atomic E-state index is 5.96. The van der Waals surface area contributed by atoms with E-state index >= 15 is 0 Å². The van der Waals surface area contributed by atoms with Crippen LogP contribution >= 0.6 is 11.6 Å². The lowest BCUT2D eigenvalue weighted by atomic mass is 9.88. The van der Waals surface area contributed by atoms with Gasteiger partial charge in [0.1, 0.15) is 0 Å². The van der Waals surface area contributed by atoms with E-state index in [1.807, 2.05) is 6.07 Å². The lowest BCUT2D eigenvalue weighted by molar-refractivity contribution is 0.372. The van der Waals surface area contributed by atoms with Gasteiger partial charge in [-0.25, -0.2) is 0 Å². The molecule has 1 aromatic heterocycles.